The fourth-order valence-corrected chi connectivity index (χ4v) is 3.29. The Hall–Kier alpha value is -0.800. The third kappa shape index (κ3) is 2.46. The van der Waals surface area contributed by atoms with Crippen LogP contribution in [0.15, 0.2) is 4.52 Å². The summed E-state index contributed by atoms with van der Waals surface area (Å²) in [6.45, 7) is 2.16. The van der Waals surface area contributed by atoms with Crippen LogP contribution in [-0.2, 0) is 12.7 Å². The minimum absolute atomic E-state index is 0.0413. The Bertz CT molecular complexity index is 454. The van der Waals surface area contributed by atoms with Gasteiger partial charge in [-0.3, -0.25) is 4.90 Å². The minimum Gasteiger partial charge on any atom is -0.338 e. The molecule has 0 aliphatic carbocycles. The Morgan fingerprint density at radius 2 is 2.05 bits per heavy atom. The first kappa shape index (κ1) is 13.2. The minimum atomic E-state index is -4.54. The summed E-state index contributed by atoms with van der Waals surface area (Å²) in [6.07, 6.45) is -1.41. The molecule has 19 heavy (non-hydrogen) atoms. The van der Waals surface area contributed by atoms with Crippen molar-refractivity contribution in [2.75, 3.05) is 19.3 Å². The summed E-state index contributed by atoms with van der Waals surface area (Å²) in [5.74, 6) is -1.15. The van der Waals surface area contributed by atoms with Crippen LogP contribution in [0, 0.1) is 0 Å². The summed E-state index contributed by atoms with van der Waals surface area (Å²) in [6, 6.07) is 0.764. The second kappa shape index (κ2) is 4.64. The summed E-state index contributed by atoms with van der Waals surface area (Å²) >= 11 is 1.70. The highest BCUT2D eigenvalue weighted by molar-refractivity contribution is 7.96. The van der Waals surface area contributed by atoms with Crippen molar-refractivity contribution >= 4 is 11.9 Å². The van der Waals surface area contributed by atoms with E-state index in [1.54, 1.807) is 11.9 Å². The normalized spacial score (nSPS) is 28.4. The quantitative estimate of drug-likeness (QED) is 0.790. The van der Waals surface area contributed by atoms with E-state index in [-0.39, 0.29) is 5.89 Å². The molecule has 3 saturated heterocycles. The van der Waals surface area contributed by atoms with Gasteiger partial charge in [-0.1, -0.05) is 17.1 Å². The van der Waals surface area contributed by atoms with Crippen LogP contribution in [0.3, 0.4) is 0 Å². The monoisotopic (exact) mass is 294 g/mol. The topological polar surface area (TPSA) is 45.4 Å². The Kier molecular flexibility index (Phi) is 3.22. The number of fused-ring (bicyclic) bond motifs is 2. The number of hydrogen-bond acceptors (Lipinski definition) is 6. The van der Waals surface area contributed by atoms with Crippen LogP contribution in [-0.4, -0.2) is 50.8 Å². The standard InChI is InChI=1S/C10H13F3N4OS/c1-19-16-3-6-2-7(4-16)17(6)5-8-14-9(15-18-8)10(11,12)13/h6-7H,2-5H2,1H3. The first-order valence-electron chi connectivity index (χ1n) is 5.92. The molecule has 0 radical (unpaired) electrons. The van der Waals surface area contributed by atoms with Crippen molar-refractivity contribution in [1.29, 1.82) is 0 Å². The molecule has 0 spiro atoms. The molecule has 2 unspecified atom stereocenters. The van der Waals surface area contributed by atoms with E-state index in [1.807, 2.05) is 6.26 Å². The number of rotatable bonds is 3. The van der Waals surface area contributed by atoms with Crippen molar-refractivity contribution < 1.29 is 17.7 Å². The molecule has 4 rings (SSSR count). The molecule has 1 aromatic rings. The van der Waals surface area contributed by atoms with Crippen LogP contribution in [0.5, 0.6) is 0 Å². The van der Waals surface area contributed by atoms with Gasteiger partial charge in [-0.25, -0.2) is 4.31 Å². The zero-order valence-corrected chi connectivity index (χ0v) is 11.0. The zero-order valence-electron chi connectivity index (χ0n) is 10.2. The molecular weight excluding hydrogens is 281 g/mol. The van der Waals surface area contributed by atoms with E-state index in [9.17, 15) is 13.2 Å². The van der Waals surface area contributed by atoms with Gasteiger partial charge in [-0.2, -0.15) is 18.2 Å². The lowest BCUT2D eigenvalue weighted by atomic mass is 9.89. The van der Waals surface area contributed by atoms with Gasteiger partial charge in [0.2, 0.25) is 5.89 Å². The Balaban J connectivity index is 1.63. The molecule has 106 valence electrons. The van der Waals surface area contributed by atoms with Gasteiger partial charge in [-0.05, 0) is 12.7 Å². The lowest BCUT2D eigenvalue weighted by molar-refractivity contribution is -0.146. The SMILES string of the molecule is CSN1CC2CC(C1)N2Cc1nc(C(F)(F)F)no1. The average molecular weight is 294 g/mol. The highest BCUT2D eigenvalue weighted by atomic mass is 32.2. The number of piperazine rings is 1. The molecule has 4 heterocycles. The molecule has 0 saturated carbocycles. The molecule has 5 nitrogen and oxygen atoms in total. The Labute approximate surface area is 112 Å². The van der Waals surface area contributed by atoms with E-state index in [4.69, 9.17) is 0 Å². The van der Waals surface area contributed by atoms with Gasteiger partial charge in [0.25, 0.3) is 5.82 Å². The summed E-state index contributed by atoms with van der Waals surface area (Å²) in [5, 5.41) is 2.97. The van der Waals surface area contributed by atoms with Crippen molar-refractivity contribution in [3.8, 4) is 0 Å². The first-order valence-corrected chi connectivity index (χ1v) is 7.10. The molecule has 3 fully saturated rings. The van der Waals surface area contributed by atoms with Crippen LogP contribution in [0.2, 0.25) is 0 Å². The number of nitrogens with zero attached hydrogens (tertiary/aromatic N) is 4. The molecule has 3 aliphatic heterocycles. The van der Waals surface area contributed by atoms with Crippen molar-refractivity contribution in [2.24, 2.45) is 0 Å². The van der Waals surface area contributed by atoms with Gasteiger partial charge in [0.15, 0.2) is 0 Å². The largest absolute Gasteiger partial charge is 0.455 e. The fourth-order valence-electron chi connectivity index (χ4n) is 2.65. The van der Waals surface area contributed by atoms with Gasteiger partial charge in [0.05, 0.1) is 6.54 Å². The van der Waals surface area contributed by atoms with Gasteiger partial charge < -0.3 is 4.52 Å². The first-order chi connectivity index (χ1) is 8.97. The van der Waals surface area contributed by atoms with Gasteiger partial charge in [0.1, 0.15) is 0 Å². The molecule has 9 heteroatoms. The van der Waals surface area contributed by atoms with E-state index in [0.29, 0.717) is 18.6 Å². The van der Waals surface area contributed by atoms with Crippen LogP contribution in [0.1, 0.15) is 18.1 Å². The Morgan fingerprint density at radius 1 is 1.37 bits per heavy atom. The third-order valence-electron chi connectivity index (χ3n) is 3.61. The molecule has 2 atom stereocenters. The van der Waals surface area contributed by atoms with E-state index in [1.165, 1.54) is 0 Å². The number of halogens is 3. The van der Waals surface area contributed by atoms with E-state index in [0.717, 1.165) is 19.5 Å². The van der Waals surface area contributed by atoms with E-state index in [2.05, 4.69) is 23.9 Å². The second-order valence-corrected chi connectivity index (χ2v) is 5.64. The number of aromatic nitrogens is 2. The van der Waals surface area contributed by atoms with Gasteiger partial charge >= 0.3 is 6.18 Å². The molecule has 2 bridgehead atoms. The highest BCUT2D eigenvalue weighted by Crippen LogP contribution is 2.35. The van der Waals surface area contributed by atoms with E-state index >= 15 is 0 Å². The summed E-state index contributed by atoms with van der Waals surface area (Å²) < 4.78 is 44.0. The maximum atomic E-state index is 12.4. The van der Waals surface area contributed by atoms with Crippen molar-refractivity contribution in [2.45, 2.75) is 31.2 Å². The van der Waals surface area contributed by atoms with Crippen LogP contribution < -0.4 is 0 Å². The van der Waals surface area contributed by atoms with Crippen LogP contribution in [0.25, 0.3) is 0 Å². The zero-order chi connectivity index (χ0) is 13.6. The number of piperidine rings is 1. The summed E-state index contributed by atoms with van der Waals surface area (Å²) in [4.78, 5) is 5.55. The number of alkyl halides is 3. The maximum Gasteiger partial charge on any atom is 0.455 e. The smallest absolute Gasteiger partial charge is 0.338 e. The molecule has 1 aromatic heterocycles. The second-order valence-electron chi connectivity index (χ2n) is 4.75. The highest BCUT2D eigenvalue weighted by Gasteiger charge is 2.45. The average Bonchev–Trinajstić information content (AvgIpc) is 2.84. The number of hydrogen-bond donors (Lipinski definition) is 0. The van der Waals surface area contributed by atoms with Crippen molar-refractivity contribution in [1.82, 2.24) is 19.3 Å². The van der Waals surface area contributed by atoms with Crippen LogP contribution >= 0.6 is 11.9 Å². The predicted molar refractivity (Wildman–Crippen MR) is 62.1 cm³/mol. The van der Waals surface area contributed by atoms with Gasteiger partial charge in [-0.15, -0.1) is 0 Å². The van der Waals surface area contributed by atoms with Gasteiger partial charge in [0, 0.05) is 25.2 Å². The van der Waals surface area contributed by atoms with Crippen molar-refractivity contribution in [3.63, 3.8) is 0 Å². The summed E-state index contributed by atoms with van der Waals surface area (Å²) in [5.41, 5.74) is 0. The third-order valence-corrected chi connectivity index (χ3v) is 4.42. The predicted octanol–water partition coefficient (Wildman–Crippen LogP) is 1.62. The molecule has 0 aromatic carbocycles. The molecule has 0 amide bonds. The lowest BCUT2D eigenvalue weighted by Gasteiger charge is -2.55. The lowest BCUT2D eigenvalue weighted by Crippen LogP contribution is -2.66. The van der Waals surface area contributed by atoms with Crippen molar-refractivity contribution in [3.05, 3.63) is 11.7 Å². The van der Waals surface area contributed by atoms with E-state index < -0.39 is 12.0 Å². The van der Waals surface area contributed by atoms with Crippen LogP contribution in [0.4, 0.5) is 13.2 Å². The maximum absolute atomic E-state index is 12.4. The summed E-state index contributed by atoms with van der Waals surface area (Å²) in [7, 11) is 0. The molecule has 0 N–H and O–H groups in total. The molecule has 3 aliphatic rings. The Morgan fingerprint density at radius 3 is 2.58 bits per heavy atom. The fraction of sp³-hybridized carbons (Fsp3) is 0.800. The molecular formula is C10H13F3N4OS.